The van der Waals surface area contributed by atoms with Gasteiger partial charge in [-0.3, -0.25) is 0 Å². The van der Waals surface area contributed by atoms with Crippen LogP contribution in [-0.2, 0) is 9.88 Å². The van der Waals surface area contributed by atoms with Crippen molar-refractivity contribution in [2.75, 3.05) is 13.8 Å². The highest BCUT2D eigenvalue weighted by Gasteiger charge is 1.74. The molecular formula is C3H6N2O2S. The van der Waals surface area contributed by atoms with Crippen LogP contribution in [0.3, 0.4) is 0 Å². The highest BCUT2D eigenvalue weighted by molar-refractivity contribution is 7.78. The molecule has 0 aromatic rings. The Bertz CT molecular complexity index is 91.3. The Morgan fingerprint density at radius 1 is 1.88 bits per heavy atom. The molecule has 0 bridgehead atoms. The second-order valence-corrected chi connectivity index (χ2v) is 0.984. The SMILES string of the molecule is COONCN=C=S. The van der Waals surface area contributed by atoms with Crippen LogP contribution in [0.1, 0.15) is 0 Å². The molecule has 0 heterocycles. The molecule has 8 heavy (non-hydrogen) atoms. The lowest BCUT2D eigenvalue weighted by atomic mass is 11.2. The van der Waals surface area contributed by atoms with Gasteiger partial charge >= 0.3 is 0 Å². The summed E-state index contributed by atoms with van der Waals surface area (Å²) in [4.78, 5) is 11.8. The van der Waals surface area contributed by atoms with Gasteiger partial charge in [0.15, 0.2) is 0 Å². The van der Waals surface area contributed by atoms with Gasteiger partial charge in [0.05, 0.1) is 12.3 Å². The van der Waals surface area contributed by atoms with E-state index >= 15 is 0 Å². The van der Waals surface area contributed by atoms with Crippen LogP contribution < -0.4 is 5.48 Å². The number of hydroxylamine groups is 1. The monoisotopic (exact) mass is 134 g/mol. The lowest BCUT2D eigenvalue weighted by Gasteiger charge is -1.93. The quantitative estimate of drug-likeness (QED) is 0.195. The number of rotatable bonds is 4. The van der Waals surface area contributed by atoms with Gasteiger partial charge in [-0.05, 0) is 12.2 Å². The molecule has 0 amide bonds. The smallest absolute Gasteiger partial charge is 0.125 e. The van der Waals surface area contributed by atoms with Crippen LogP contribution in [-0.4, -0.2) is 18.9 Å². The molecule has 0 aromatic heterocycles. The summed E-state index contributed by atoms with van der Waals surface area (Å²) in [6, 6.07) is 0. The molecule has 0 saturated heterocycles. The average Bonchev–Trinajstić information content (AvgIpc) is 1.81. The van der Waals surface area contributed by atoms with E-state index in [-0.39, 0.29) is 6.67 Å². The third kappa shape index (κ3) is 5.68. The number of nitrogens with one attached hydrogen (secondary N) is 1. The van der Waals surface area contributed by atoms with Gasteiger partial charge in [0.2, 0.25) is 0 Å². The minimum Gasteiger partial charge on any atom is -0.221 e. The van der Waals surface area contributed by atoms with E-state index in [1.54, 1.807) is 0 Å². The molecule has 0 aliphatic carbocycles. The molecule has 0 radical (unpaired) electrons. The first kappa shape index (κ1) is 7.68. The van der Waals surface area contributed by atoms with E-state index in [1.807, 2.05) is 0 Å². The maximum atomic E-state index is 4.25. The molecule has 0 atom stereocenters. The van der Waals surface area contributed by atoms with E-state index in [0.717, 1.165) is 0 Å². The highest BCUT2D eigenvalue weighted by Crippen LogP contribution is 1.63. The number of thiocarbonyl (C=S) groups is 1. The van der Waals surface area contributed by atoms with Gasteiger partial charge in [-0.15, -0.1) is 10.5 Å². The molecule has 0 fully saturated rings. The molecule has 46 valence electrons. The summed E-state index contributed by atoms with van der Waals surface area (Å²) in [5.41, 5.74) is 2.32. The summed E-state index contributed by atoms with van der Waals surface area (Å²) in [5.74, 6) is 0. The van der Waals surface area contributed by atoms with Crippen molar-refractivity contribution in [3.05, 3.63) is 0 Å². The summed E-state index contributed by atoms with van der Waals surface area (Å²) >= 11 is 4.25. The lowest BCUT2D eigenvalue weighted by Crippen LogP contribution is -2.12. The second kappa shape index (κ2) is 6.68. The predicted molar refractivity (Wildman–Crippen MR) is 31.1 cm³/mol. The van der Waals surface area contributed by atoms with Gasteiger partial charge in [-0.1, -0.05) is 0 Å². The third-order valence-electron chi connectivity index (χ3n) is 0.350. The first-order chi connectivity index (χ1) is 3.91. The van der Waals surface area contributed by atoms with Gasteiger partial charge < -0.3 is 0 Å². The number of hydrogen-bond donors (Lipinski definition) is 1. The van der Waals surface area contributed by atoms with Gasteiger partial charge in [0.1, 0.15) is 6.67 Å². The summed E-state index contributed by atoms with van der Waals surface area (Å²) in [6.07, 6.45) is 0. The Morgan fingerprint density at radius 3 is 3.12 bits per heavy atom. The van der Waals surface area contributed by atoms with Crippen LogP contribution in [0.5, 0.6) is 0 Å². The molecule has 0 saturated carbocycles. The van der Waals surface area contributed by atoms with Crippen molar-refractivity contribution in [1.29, 1.82) is 0 Å². The summed E-state index contributed by atoms with van der Waals surface area (Å²) in [5, 5.41) is 2.14. The van der Waals surface area contributed by atoms with Crippen LogP contribution in [0.4, 0.5) is 0 Å². The molecule has 0 aliphatic rings. The molecule has 5 heteroatoms. The fourth-order valence-electron chi connectivity index (χ4n) is 0.150. The minimum atomic E-state index is 0.261. The second-order valence-electron chi connectivity index (χ2n) is 0.802. The fourth-order valence-corrected chi connectivity index (χ4v) is 0.214. The first-order valence-corrected chi connectivity index (χ1v) is 2.28. The maximum absolute atomic E-state index is 4.25. The van der Waals surface area contributed by atoms with Crippen LogP contribution in [0, 0.1) is 0 Å². The summed E-state index contributed by atoms with van der Waals surface area (Å²) in [6.45, 7) is 0.261. The minimum absolute atomic E-state index is 0.261. The van der Waals surface area contributed by atoms with Crippen molar-refractivity contribution in [2.24, 2.45) is 4.99 Å². The predicted octanol–water partition coefficient (Wildman–Crippen LogP) is 0.129. The van der Waals surface area contributed by atoms with E-state index < -0.39 is 0 Å². The van der Waals surface area contributed by atoms with Gasteiger partial charge in [0, 0.05) is 0 Å². The molecule has 0 spiro atoms. The average molecular weight is 134 g/mol. The number of isothiocyanates is 1. The van der Waals surface area contributed by atoms with Crippen molar-refractivity contribution < 1.29 is 9.88 Å². The summed E-state index contributed by atoms with van der Waals surface area (Å²) in [7, 11) is 1.38. The third-order valence-corrected chi connectivity index (χ3v) is 0.480. The van der Waals surface area contributed by atoms with Crippen LogP contribution in [0.2, 0.25) is 0 Å². The molecule has 4 nitrogen and oxygen atoms in total. The normalized spacial score (nSPS) is 8.12. The van der Waals surface area contributed by atoms with E-state index in [0.29, 0.717) is 0 Å². The number of hydrogen-bond acceptors (Lipinski definition) is 5. The van der Waals surface area contributed by atoms with Crippen molar-refractivity contribution in [2.45, 2.75) is 0 Å². The Balaban J connectivity index is 2.82. The maximum Gasteiger partial charge on any atom is 0.125 e. The number of nitrogens with zero attached hydrogens (tertiary/aromatic N) is 1. The number of aliphatic imine (C=N–C) groups is 1. The van der Waals surface area contributed by atoms with E-state index in [4.69, 9.17) is 0 Å². The van der Waals surface area contributed by atoms with E-state index in [1.165, 1.54) is 7.11 Å². The molecule has 0 rings (SSSR count). The van der Waals surface area contributed by atoms with Gasteiger partial charge in [0.25, 0.3) is 0 Å². The topological polar surface area (TPSA) is 42.9 Å². The van der Waals surface area contributed by atoms with E-state index in [2.05, 4.69) is 37.7 Å². The fraction of sp³-hybridized carbons (Fsp3) is 0.667. The van der Waals surface area contributed by atoms with Crippen molar-refractivity contribution in [1.82, 2.24) is 5.48 Å². The molecule has 0 aliphatic heterocycles. The van der Waals surface area contributed by atoms with Crippen LogP contribution >= 0.6 is 12.2 Å². The Morgan fingerprint density at radius 2 is 2.62 bits per heavy atom. The van der Waals surface area contributed by atoms with Crippen molar-refractivity contribution >= 4 is 17.4 Å². The van der Waals surface area contributed by atoms with Crippen molar-refractivity contribution in [3.8, 4) is 0 Å². The van der Waals surface area contributed by atoms with E-state index in [9.17, 15) is 0 Å². The zero-order valence-corrected chi connectivity index (χ0v) is 5.20. The summed E-state index contributed by atoms with van der Waals surface area (Å²) < 4.78 is 0. The zero-order valence-electron chi connectivity index (χ0n) is 4.38. The van der Waals surface area contributed by atoms with Gasteiger partial charge in [-0.25, -0.2) is 9.88 Å². The molecule has 0 unspecified atom stereocenters. The highest BCUT2D eigenvalue weighted by atomic mass is 32.1. The van der Waals surface area contributed by atoms with Crippen LogP contribution in [0.15, 0.2) is 4.99 Å². The zero-order chi connectivity index (χ0) is 6.24. The Kier molecular flexibility index (Phi) is 6.41. The molecular weight excluding hydrogens is 128 g/mol. The van der Waals surface area contributed by atoms with Gasteiger partial charge in [-0.2, -0.15) is 0 Å². The standard InChI is InChI=1S/C3H6N2O2S/c1-6-7-5-2-4-3-8/h5H,2H2,1H3. The largest absolute Gasteiger partial charge is 0.221 e. The first-order valence-electron chi connectivity index (χ1n) is 1.88. The molecule has 1 N–H and O–H groups in total. The lowest BCUT2D eigenvalue weighted by molar-refractivity contribution is -0.316. The molecule has 0 aromatic carbocycles. The van der Waals surface area contributed by atoms with Crippen LogP contribution in [0.25, 0.3) is 0 Å². The Hall–Kier alpha value is -0.320. The van der Waals surface area contributed by atoms with Crippen molar-refractivity contribution in [3.63, 3.8) is 0 Å². The Labute approximate surface area is 52.4 Å².